The van der Waals surface area contributed by atoms with Crippen LogP contribution < -0.4 is 25.0 Å². The van der Waals surface area contributed by atoms with E-state index in [1.54, 1.807) is 61.8 Å². The Morgan fingerprint density at radius 1 is 0.914 bits per heavy atom. The van der Waals surface area contributed by atoms with Crippen LogP contribution in [-0.2, 0) is 4.79 Å². The molecule has 0 saturated carbocycles. The number of rotatable bonds is 8. The van der Waals surface area contributed by atoms with Gasteiger partial charge in [0.05, 0.1) is 19.0 Å². The minimum Gasteiger partial charge on any atom is -0.497 e. The molecular weight excluding hydrogens is 446 g/mol. The monoisotopic (exact) mass is 475 g/mol. The molecule has 0 radical (unpaired) electrons. The maximum absolute atomic E-state index is 12.6. The topological polar surface area (TPSA) is 96.0 Å². The molecule has 0 aliphatic carbocycles. The third-order valence-corrected chi connectivity index (χ3v) is 5.67. The summed E-state index contributed by atoms with van der Waals surface area (Å²) in [5, 5.41) is 5.61. The first-order valence-electron chi connectivity index (χ1n) is 11.4. The van der Waals surface area contributed by atoms with E-state index in [-0.39, 0.29) is 18.4 Å². The number of hydrogen-bond acceptors (Lipinski definition) is 7. The quantitative estimate of drug-likeness (QED) is 0.517. The van der Waals surface area contributed by atoms with Crippen LogP contribution in [0.5, 0.6) is 11.5 Å². The van der Waals surface area contributed by atoms with Crippen LogP contribution in [0.4, 0.5) is 17.2 Å². The number of ether oxygens (including phenoxy) is 2. The minimum atomic E-state index is -0.299. The lowest BCUT2D eigenvalue weighted by atomic mass is 10.2. The van der Waals surface area contributed by atoms with E-state index in [1.807, 2.05) is 12.1 Å². The van der Waals surface area contributed by atoms with Gasteiger partial charge in [-0.15, -0.1) is 0 Å². The van der Waals surface area contributed by atoms with Gasteiger partial charge in [-0.05, 0) is 55.6 Å². The number of anilines is 3. The Morgan fingerprint density at radius 3 is 2.37 bits per heavy atom. The van der Waals surface area contributed by atoms with Gasteiger partial charge in [0.25, 0.3) is 11.8 Å². The Hall–Kier alpha value is -4.11. The Kier molecular flexibility index (Phi) is 7.79. The van der Waals surface area contributed by atoms with Crippen molar-refractivity contribution in [3.8, 4) is 11.5 Å². The van der Waals surface area contributed by atoms with Crippen molar-refractivity contribution < 1.29 is 19.1 Å². The largest absolute Gasteiger partial charge is 0.497 e. The van der Waals surface area contributed by atoms with Gasteiger partial charge in [-0.25, -0.2) is 4.98 Å². The maximum Gasteiger partial charge on any atom is 0.262 e. The Morgan fingerprint density at radius 2 is 1.69 bits per heavy atom. The number of benzene rings is 2. The highest BCUT2D eigenvalue weighted by Gasteiger charge is 2.15. The number of amides is 2. The van der Waals surface area contributed by atoms with Crippen molar-refractivity contribution in [3.63, 3.8) is 0 Å². The molecule has 182 valence electrons. The summed E-state index contributed by atoms with van der Waals surface area (Å²) in [5.41, 5.74) is 1.72. The third-order valence-electron chi connectivity index (χ3n) is 5.67. The van der Waals surface area contributed by atoms with Gasteiger partial charge < -0.3 is 29.9 Å². The van der Waals surface area contributed by atoms with Crippen molar-refractivity contribution in [3.05, 3.63) is 72.4 Å². The third kappa shape index (κ3) is 6.70. The Labute approximate surface area is 204 Å². The number of nitrogens with one attached hydrogen (secondary N) is 2. The minimum absolute atomic E-state index is 0.159. The zero-order chi connectivity index (χ0) is 24.6. The van der Waals surface area contributed by atoms with Crippen LogP contribution in [0.1, 0.15) is 10.4 Å². The molecule has 35 heavy (non-hydrogen) atoms. The summed E-state index contributed by atoms with van der Waals surface area (Å²) in [6.07, 6.45) is 1.67. The number of hydrogen-bond donors (Lipinski definition) is 2. The smallest absolute Gasteiger partial charge is 0.262 e. The predicted octanol–water partition coefficient (Wildman–Crippen LogP) is 3.11. The van der Waals surface area contributed by atoms with Gasteiger partial charge >= 0.3 is 0 Å². The molecule has 2 amide bonds. The van der Waals surface area contributed by atoms with Gasteiger partial charge in [0.15, 0.2) is 6.61 Å². The maximum atomic E-state index is 12.6. The van der Waals surface area contributed by atoms with E-state index in [1.165, 1.54) is 0 Å². The zero-order valence-electron chi connectivity index (χ0n) is 19.9. The molecule has 0 unspecified atom stereocenters. The lowest BCUT2D eigenvalue weighted by molar-refractivity contribution is -0.118. The van der Waals surface area contributed by atoms with E-state index in [9.17, 15) is 9.59 Å². The first-order chi connectivity index (χ1) is 17.0. The molecule has 9 nitrogen and oxygen atoms in total. The van der Waals surface area contributed by atoms with Gasteiger partial charge in [0.2, 0.25) is 0 Å². The van der Waals surface area contributed by atoms with Gasteiger partial charge in [-0.2, -0.15) is 0 Å². The van der Waals surface area contributed by atoms with Crippen LogP contribution in [0.25, 0.3) is 0 Å². The molecule has 2 aromatic carbocycles. The second-order valence-corrected chi connectivity index (χ2v) is 8.24. The van der Waals surface area contributed by atoms with Crippen LogP contribution in [0.3, 0.4) is 0 Å². The number of likely N-dealkylation sites (N-methyl/N-ethyl adjacent to an activating group) is 1. The summed E-state index contributed by atoms with van der Waals surface area (Å²) in [6, 6.07) is 17.5. The number of nitrogens with zero attached hydrogens (tertiary/aromatic N) is 3. The number of carbonyl (C=O) groups is 2. The van der Waals surface area contributed by atoms with Gasteiger partial charge in [0.1, 0.15) is 17.3 Å². The molecule has 2 heterocycles. The van der Waals surface area contributed by atoms with Gasteiger partial charge in [0, 0.05) is 43.5 Å². The number of aromatic nitrogens is 1. The van der Waals surface area contributed by atoms with E-state index >= 15 is 0 Å². The van der Waals surface area contributed by atoms with Crippen molar-refractivity contribution in [2.75, 3.05) is 62.5 Å². The van der Waals surface area contributed by atoms with E-state index in [2.05, 4.69) is 32.5 Å². The van der Waals surface area contributed by atoms with Crippen molar-refractivity contribution >= 4 is 29.0 Å². The molecule has 1 saturated heterocycles. The number of methoxy groups -OCH3 is 1. The summed E-state index contributed by atoms with van der Waals surface area (Å²) >= 11 is 0. The molecule has 1 aliphatic rings. The molecule has 3 aromatic rings. The first kappa shape index (κ1) is 24.0. The molecule has 9 heteroatoms. The highest BCUT2D eigenvalue weighted by molar-refractivity contribution is 6.04. The van der Waals surface area contributed by atoms with E-state index in [0.29, 0.717) is 28.4 Å². The van der Waals surface area contributed by atoms with E-state index in [4.69, 9.17) is 9.47 Å². The van der Waals surface area contributed by atoms with Crippen molar-refractivity contribution in [1.29, 1.82) is 0 Å². The fraction of sp³-hybridized carbons (Fsp3) is 0.269. The first-order valence-corrected chi connectivity index (χ1v) is 11.4. The van der Waals surface area contributed by atoms with Gasteiger partial charge in [-0.1, -0.05) is 6.07 Å². The second kappa shape index (κ2) is 11.3. The van der Waals surface area contributed by atoms with Gasteiger partial charge in [-0.3, -0.25) is 9.59 Å². The van der Waals surface area contributed by atoms with Crippen molar-refractivity contribution in [2.24, 2.45) is 0 Å². The standard InChI is InChI=1S/C26H29N5O4/c1-30-12-14-31(15-13-30)24-11-8-21(17-27-24)29-26(33)19-6-9-22(10-7-19)35-18-25(32)28-20-4-3-5-23(16-20)34-2/h3-11,16-17H,12-15,18H2,1-2H3,(H,28,32)(H,29,33). The molecule has 1 fully saturated rings. The molecule has 1 aromatic heterocycles. The fourth-order valence-corrected chi connectivity index (χ4v) is 3.64. The van der Waals surface area contributed by atoms with Crippen LogP contribution >= 0.6 is 0 Å². The van der Waals surface area contributed by atoms with Crippen LogP contribution in [0.15, 0.2) is 66.9 Å². The fourth-order valence-electron chi connectivity index (χ4n) is 3.64. The zero-order valence-corrected chi connectivity index (χ0v) is 19.9. The normalized spacial score (nSPS) is 13.7. The Balaban J connectivity index is 1.25. The molecule has 4 rings (SSSR count). The molecule has 2 N–H and O–H groups in total. The summed E-state index contributed by atoms with van der Waals surface area (Å²) in [6.45, 7) is 3.73. The van der Waals surface area contributed by atoms with Crippen LogP contribution in [0, 0.1) is 0 Å². The van der Waals surface area contributed by atoms with Crippen molar-refractivity contribution in [2.45, 2.75) is 0 Å². The summed E-state index contributed by atoms with van der Waals surface area (Å²) < 4.78 is 10.7. The summed E-state index contributed by atoms with van der Waals surface area (Å²) in [4.78, 5) is 33.8. The molecular formula is C26H29N5O4. The average molecular weight is 476 g/mol. The Bertz CT molecular complexity index is 1140. The number of pyridine rings is 1. The lowest BCUT2D eigenvalue weighted by Crippen LogP contribution is -2.44. The number of carbonyl (C=O) groups excluding carboxylic acids is 2. The summed E-state index contributed by atoms with van der Waals surface area (Å²) in [7, 11) is 3.68. The van der Waals surface area contributed by atoms with Crippen LogP contribution in [-0.4, -0.2) is 68.6 Å². The molecule has 0 atom stereocenters. The summed E-state index contributed by atoms with van der Waals surface area (Å²) in [5.74, 6) is 1.50. The highest BCUT2D eigenvalue weighted by Crippen LogP contribution is 2.19. The lowest BCUT2D eigenvalue weighted by Gasteiger charge is -2.33. The van der Waals surface area contributed by atoms with Crippen LogP contribution in [0.2, 0.25) is 0 Å². The predicted molar refractivity (Wildman–Crippen MR) is 135 cm³/mol. The second-order valence-electron chi connectivity index (χ2n) is 8.24. The molecule has 0 spiro atoms. The molecule has 0 bridgehead atoms. The van der Waals surface area contributed by atoms with Crippen molar-refractivity contribution in [1.82, 2.24) is 9.88 Å². The number of piperazine rings is 1. The SMILES string of the molecule is COc1cccc(NC(=O)COc2ccc(C(=O)Nc3ccc(N4CCN(C)CC4)nc3)cc2)c1. The van der Waals surface area contributed by atoms with E-state index < -0.39 is 0 Å². The average Bonchev–Trinajstić information content (AvgIpc) is 2.89. The van der Waals surface area contributed by atoms with E-state index in [0.717, 1.165) is 32.0 Å². The molecule has 1 aliphatic heterocycles. The highest BCUT2D eigenvalue weighted by atomic mass is 16.5.